The number of nitrogens with zero attached hydrogens (tertiary/aromatic N) is 1. The van der Waals surface area contributed by atoms with Crippen LogP contribution >= 0.6 is 12.4 Å². The molecule has 2 aromatic rings. The second-order valence-electron chi connectivity index (χ2n) is 7.37. The number of halogens is 1. The summed E-state index contributed by atoms with van der Waals surface area (Å²) in [4.78, 5) is 25.4. The van der Waals surface area contributed by atoms with E-state index >= 15 is 0 Å². The highest BCUT2D eigenvalue weighted by Crippen LogP contribution is 2.44. The quantitative estimate of drug-likeness (QED) is 0.582. The number of likely N-dealkylation sites (N-methyl/N-ethyl adjacent to an activating group) is 1. The lowest BCUT2D eigenvalue weighted by Crippen LogP contribution is -2.43. The summed E-state index contributed by atoms with van der Waals surface area (Å²) < 4.78 is 5.57. The Morgan fingerprint density at radius 3 is 2.17 bits per heavy atom. The predicted molar refractivity (Wildman–Crippen MR) is 119 cm³/mol. The van der Waals surface area contributed by atoms with Crippen molar-refractivity contribution in [2.45, 2.75) is 31.2 Å². The first-order valence-corrected chi connectivity index (χ1v) is 9.99. The van der Waals surface area contributed by atoms with E-state index in [1.54, 1.807) is 0 Å². The molecule has 0 aromatic heterocycles. The number of amides is 1. The van der Waals surface area contributed by atoms with Crippen LogP contribution in [0.15, 0.2) is 48.5 Å². The average Bonchev–Trinajstić information content (AvgIpc) is 3.05. The van der Waals surface area contributed by atoms with Crippen LogP contribution in [-0.2, 0) is 9.53 Å². The molecule has 0 aliphatic heterocycles. The van der Waals surface area contributed by atoms with E-state index in [1.807, 2.05) is 31.3 Å². The van der Waals surface area contributed by atoms with Crippen molar-refractivity contribution in [3.05, 3.63) is 59.7 Å². The molecule has 2 N–H and O–H groups in total. The van der Waals surface area contributed by atoms with Crippen LogP contribution in [0.2, 0.25) is 0 Å². The largest absolute Gasteiger partial charge is 0.480 e. The molecule has 6 nitrogen and oxygen atoms in total. The molecule has 0 saturated heterocycles. The summed E-state index contributed by atoms with van der Waals surface area (Å²) in [7, 11) is 3.35. The topological polar surface area (TPSA) is 78.9 Å². The molecule has 1 atom stereocenters. The first kappa shape index (κ1) is 23.7. The van der Waals surface area contributed by atoms with Gasteiger partial charge in [0.1, 0.15) is 12.6 Å². The minimum Gasteiger partial charge on any atom is -0.480 e. The number of hydrogen-bond acceptors (Lipinski definition) is 4. The molecule has 3 rings (SSSR count). The molecule has 7 heteroatoms. The van der Waals surface area contributed by atoms with E-state index in [2.05, 4.69) is 29.6 Å². The van der Waals surface area contributed by atoms with Crippen molar-refractivity contribution in [1.29, 1.82) is 0 Å². The number of carboxylic acid groups (broad SMARTS) is 1. The normalized spacial score (nSPS) is 13.0. The highest BCUT2D eigenvalue weighted by atomic mass is 35.5. The highest BCUT2D eigenvalue weighted by Gasteiger charge is 2.31. The lowest BCUT2D eigenvalue weighted by atomic mass is 9.98. The molecule has 1 aliphatic carbocycles. The number of nitrogens with one attached hydrogen (secondary N) is 1. The fraction of sp³-hybridized carbons (Fsp3) is 0.391. The predicted octanol–water partition coefficient (Wildman–Crippen LogP) is 4.13. The average molecular weight is 433 g/mol. The van der Waals surface area contributed by atoms with Crippen molar-refractivity contribution in [1.82, 2.24) is 10.2 Å². The van der Waals surface area contributed by atoms with E-state index in [-0.39, 0.29) is 24.9 Å². The summed E-state index contributed by atoms with van der Waals surface area (Å²) in [6, 6.07) is 15.4. The van der Waals surface area contributed by atoms with E-state index in [4.69, 9.17) is 4.74 Å². The van der Waals surface area contributed by atoms with Crippen molar-refractivity contribution >= 4 is 24.5 Å². The van der Waals surface area contributed by atoms with Crippen LogP contribution in [0.4, 0.5) is 4.79 Å². The Kier molecular flexibility index (Phi) is 8.69. The molecule has 0 radical (unpaired) electrons. The third-order valence-corrected chi connectivity index (χ3v) is 5.53. The molecular weight excluding hydrogens is 404 g/mol. The lowest BCUT2D eigenvalue weighted by molar-refractivity contribution is -0.142. The zero-order valence-electron chi connectivity index (χ0n) is 17.3. The van der Waals surface area contributed by atoms with Crippen LogP contribution in [0.5, 0.6) is 0 Å². The maximum absolute atomic E-state index is 12.6. The van der Waals surface area contributed by atoms with Crippen molar-refractivity contribution in [3.8, 4) is 11.1 Å². The smallest absolute Gasteiger partial charge is 0.410 e. The molecule has 0 fully saturated rings. The third-order valence-electron chi connectivity index (χ3n) is 5.53. The van der Waals surface area contributed by atoms with E-state index in [1.165, 1.54) is 11.9 Å². The minimum atomic E-state index is -1.01. The van der Waals surface area contributed by atoms with Gasteiger partial charge in [-0.15, -0.1) is 12.4 Å². The fourth-order valence-electron chi connectivity index (χ4n) is 3.95. The first-order chi connectivity index (χ1) is 14.0. The number of carbonyl (C=O) groups excluding carboxylic acids is 1. The van der Waals surface area contributed by atoms with Gasteiger partial charge < -0.3 is 15.2 Å². The number of aliphatic carboxylic acids is 1. The Hall–Kier alpha value is -2.57. The second-order valence-corrected chi connectivity index (χ2v) is 7.37. The van der Waals surface area contributed by atoms with Gasteiger partial charge in [-0.25, -0.2) is 9.59 Å². The molecule has 0 heterocycles. The molecule has 30 heavy (non-hydrogen) atoms. The molecular formula is C23H29ClN2O4. The second kappa shape index (κ2) is 11.0. The number of carbonyl (C=O) groups is 2. The minimum absolute atomic E-state index is 0. The van der Waals surface area contributed by atoms with Crippen LogP contribution in [0.25, 0.3) is 11.1 Å². The van der Waals surface area contributed by atoms with Crippen LogP contribution in [-0.4, -0.2) is 55.4 Å². The van der Waals surface area contributed by atoms with E-state index in [9.17, 15) is 14.7 Å². The Labute approximate surface area is 183 Å². The van der Waals surface area contributed by atoms with Gasteiger partial charge in [-0.3, -0.25) is 4.90 Å². The summed E-state index contributed by atoms with van der Waals surface area (Å²) >= 11 is 0. The number of unbranched alkanes of at least 4 members (excludes halogenated alkanes) is 1. The molecule has 1 aliphatic rings. The summed E-state index contributed by atoms with van der Waals surface area (Å²) in [6.07, 6.45) is 1.38. The fourth-order valence-corrected chi connectivity index (χ4v) is 3.95. The van der Waals surface area contributed by atoms with Crippen molar-refractivity contribution in [3.63, 3.8) is 0 Å². The zero-order chi connectivity index (χ0) is 20.8. The van der Waals surface area contributed by atoms with Crippen LogP contribution in [0.1, 0.15) is 36.3 Å². The van der Waals surface area contributed by atoms with E-state index in [0.29, 0.717) is 6.42 Å². The number of carboxylic acids is 1. The van der Waals surface area contributed by atoms with Gasteiger partial charge in [-0.2, -0.15) is 0 Å². The van der Waals surface area contributed by atoms with Crippen LogP contribution in [0.3, 0.4) is 0 Å². The molecule has 0 spiro atoms. The van der Waals surface area contributed by atoms with Gasteiger partial charge in [-0.05, 0) is 55.1 Å². The summed E-state index contributed by atoms with van der Waals surface area (Å²) in [5, 5.41) is 12.6. The lowest BCUT2D eigenvalue weighted by Gasteiger charge is -2.25. The first-order valence-electron chi connectivity index (χ1n) is 9.99. The Balaban J connectivity index is 0.00000320. The van der Waals surface area contributed by atoms with Gasteiger partial charge in [0.15, 0.2) is 0 Å². The molecule has 2 aromatic carbocycles. The number of ether oxygens (including phenoxy) is 1. The molecule has 162 valence electrons. The molecule has 1 amide bonds. The molecule has 0 saturated carbocycles. The number of fused-ring (bicyclic) bond motifs is 3. The maximum atomic E-state index is 12.6. The standard InChI is InChI=1S/C23H28N2O4.ClH/c1-24-14-8-7-13-21(22(26)27)25(2)23(28)29-15-20-18-11-5-3-9-16(18)17-10-4-6-12-19(17)20;/h3-6,9-12,20-21,24H,7-8,13-15H2,1-2H3,(H,26,27);1H/t21-;/m0./s1. The van der Waals surface area contributed by atoms with Crippen molar-refractivity contribution in [2.24, 2.45) is 0 Å². The number of hydrogen-bond donors (Lipinski definition) is 2. The highest BCUT2D eigenvalue weighted by molar-refractivity contribution is 5.85. The van der Waals surface area contributed by atoms with E-state index in [0.717, 1.165) is 41.6 Å². The SMILES string of the molecule is CNCCCC[C@@H](C(=O)O)N(C)C(=O)OCC1c2ccccc2-c2ccccc21.Cl. The van der Waals surface area contributed by atoms with Gasteiger partial charge in [0.2, 0.25) is 0 Å². The molecule has 0 bridgehead atoms. The molecule has 0 unspecified atom stereocenters. The van der Waals surface area contributed by atoms with Gasteiger partial charge in [-0.1, -0.05) is 48.5 Å². The summed E-state index contributed by atoms with van der Waals surface area (Å²) in [5.41, 5.74) is 4.58. The maximum Gasteiger partial charge on any atom is 0.410 e. The summed E-state index contributed by atoms with van der Waals surface area (Å²) in [5.74, 6) is -1.05. The summed E-state index contributed by atoms with van der Waals surface area (Å²) in [6.45, 7) is 1.00. The van der Waals surface area contributed by atoms with Crippen LogP contribution in [0, 0.1) is 0 Å². The van der Waals surface area contributed by atoms with Gasteiger partial charge >= 0.3 is 12.1 Å². The van der Waals surface area contributed by atoms with Gasteiger partial charge in [0.25, 0.3) is 0 Å². The number of rotatable bonds is 9. The zero-order valence-corrected chi connectivity index (χ0v) is 18.2. The van der Waals surface area contributed by atoms with Gasteiger partial charge in [0, 0.05) is 13.0 Å². The third kappa shape index (κ3) is 5.12. The Morgan fingerprint density at radius 1 is 1.07 bits per heavy atom. The van der Waals surface area contributed by atoms with Gasteiger partial charge in [0.05, 0.1) is 0 Å². The monoisotopic (exact) mass is 432 g/mol. The Bertz CT molecular complexity index is 828. The van der Waals surface area contributed by atoms with Crippen molar-refractivity contribution in [2.75, 3.05) is 27.2 Å². The van der Waals surface area contributed by atoms with E-state index < -0.39 is 18.1 Å². The Morgan fingerprint density at radius 2 is 1.63 bits per heavy atom. The number of benzene rings is 2. The van der Waals surface area contributed by atoms with Crippen molar-refractivity contribution < 1.29 is 19.4 Å². The van der Waals surface area contributed by atoms with Crippen LogP contribution < -0.4 is 5.32 Å².